The summed E-state index contributed by atoms with van der Waals surface area (Å²) in [6.45, 7) is 1.12. The zero-order valence-corrected chi connectivity index (χ0v) is 17.5. The van der Waals surface area contributed by atoms with Crippen LogP contribution in [-0.4, -0.2) is 44.4 Å². The van der Waals surface area contributed by atoms with Gasteiger partial charge in [-0.3, -0.25) is 14.9 Å². The van der Waals surface area contributed by atoms with Gasteiger partial charge in [0.05, 0.1) is 16.5 Å². The summed E-state index contributed by atoms with van der Waals surface area (Å²) in [5.41, 5.74) is 0.559. The standard InChI is InChI=1S/C21H20ClN5O4/c1-25-10-8-23-21(25)20(28)14-4-6-17(18(11-14)27(29)30)26-9-2-3-16(13-26)31-19-7-5-15(22)12-24-19/h4-8,10-12,16H,2-3,9,13H2,1H3. The molecule has 0 amide bonds. The van der Waals surface area contributed by atoms with Crippen LogP contribution in [0.5, 0.6) is 5.88 Å². The maximum absolute atomic E-state index is 12.7. The van der Waals surface area contributed by atoms with Crippen molar-refractivity contribution in [3.8, 4) is 5.88 Å². The summed E-state index contributed by atoms with van der Waals surface area (Å²) in [5.74, 6) is 0.321. The minimum Gasteiger partial charge on any atom is -0.472 e. The van der Waals surface area contributed by atoms with Gasteiger partial charge < -0.3 is 14.2 Å². The molecular weight excluding hydrogens is 422 g/mol. The number of aryl methyl sites for hydroxylation is 1. The fraction of sp³-hybridized carbons (Fsp3) is 0.286. The van der Waals surface area contributed by atoms with Gasteiger partial charge in [-0.25, -0.2) is 9.97 Å². The second-order valence-corrected chi connectivity index (χ2v) is 7.73. The first kappa shape index (κ1) is 20.8. The number of rotatable bonds is 6. The number of pyridine rings is 1. The van der Waals surface area contributed by atoms with Crippen molar-refractivity contribution in [1.29, 1.82) is 0 Å². The van der Waals surface area contributed by atoms with Crippen LogP contribution in [0.1, 0.15) is 29.0 Å². The zero-order chi connectivity index (χ0) is 22.0. The summed E-state index contributed by atoms with van der Waals surface area (Å²) in [6, 6.07) is 7.94. The third-order valence-corrected chi connectivity index (χ3v) is 5.39. The van der Waals surface area contributed by atoms with E-state index in [9.17, 15) is 14.9 Å². The average Bonchev–Trinajstić information content (AvgIpc) is 3.20. The Morgan fingerprint density at radius 3 is 2.81 bits per heavy atom. The number of hydrogen-bond acceptors (Lipinski definition) is 7. The molecule has 3 aromatic rings. The zero-order valence-electron chi connectivity index (χ0n) is 16.8. The minimum atomic E-state index is -0.463. The van der Waals surface area contributed by atoms with E-state index in [1.54, 1.807) is 42.1 Å². The van der Waals surface area contributed by atoms with Crippen molar-refractivity contribution in [3.63, 3.8) is 0 Å². The number of ketones is 1. The van der Waals surface area contributed by atoms with Crippen molar-refractivity contribution in [2.45, 2.75) is 18.9 Å². The number of ether oxygens (including phenoxy) is 1. The van der Waals surface area contributed by atoms with Crippen LogP contribution < -0.4 is 9.64 Å². The lowest BCUT2D eigenvalue weighted by Gasteiger charge is -2.33. The van der Waals surface area contributed by atoms with E-state index in [4.69, 9.17) is 16.3 Å². The topological polar surface area (TPSA) is 103 Å². The first-order valence-electron chi connectivity index (χ1n) is 9.76. The summed E-state index contributed by atoms with van der Waals surface area (Å²) in [7, 11) is 1.70. The highest BCUT2D eigenvalue weighted by Crippen LogP contribution is 2.32. The van der Waals surface area contributed by atoms with Crippen LogP contribution >= 0.6 is 11.6 Å². The molecule has 1 fully saturated rings. The molecule has 1 atom stereocenters. The largest absolute Gasteiger partial charge is 0.472 e. The number of piperidine rings is 1. The smallest absolute Gasteiger partial charge is 0.293 e. The van der Waals surface area contributed by atoms with Crippen LogP contribution in [0.25, 0.3) is 0 Å². The van der Waals surface area contributed by atoms with E-state index in [2.05, 4.69) is 9.97 Å². The number of carbonyl (C=O) groups is 1. The van der Waals surface area contributed by atoms with Crippen LogP contribution in [0.4, 0.5) is 11.4 Å². The molecule has 1 aliphatic heterocycles. The average molecular weight is 442 g/mol. The molecule has 0 N–H and O–H groups in total. The van der Waals surface area contributed by atoms with E-state index >= 15 is 0 Å². The summed E-state index contributed by atoms with van der Waals surface area (Å²) < 4.78 is 7.52. The number of aromatic nitrogens is 3. The van der Waals surface area contributed by atoms with Crippen molar-refractivity contribution in [2.24, 2.45) is 7.05 Å². The van der Waals surface area contributed by atoms with E-state index in [0.717, 1.165) is 12.8 Å². The molecule has 0 spiro atoms. The number of nitrogens with zero attached hydrogens (tertiary/aromatic N) is 5. The lowest BCUT2D eigenvalue weighted by molar-refractivity contribution is -0.384. The van der Waals surface area contributed by atoms with E-state index in [0.29, 0.717) is 29.7 Å². The number of anilines is 1. The number of carbonyl (C=O) groups excluding carboxylic acids is 1. The quantitative estimate of drug-likeness (QED) is 0.326. The molecule has 0 aliphatic carbocycles. The highest BCUT2D eigenvalue weighted by molar-refractivity contribution is 6.30. The lowest BCUT2D eigenvalue weighted by atomic mass is 10.0. The summed E-state index contributed by atoms with van der Waals surface area (Å²) in [5, 5.41) is 12.3. The fourth-order valence-electron chi connectivity index (χ4n) is 3.65. The van der Waals surface area contributed by atoms with Crippen molar-refractivity contribution in [2.75, 3.05) is 18.0 Å². The number of halogens is 1. The first-order chi connectivity index (χ1) is 14.9. The Morgan fingerprint density at radius 2 is 2.13 bits per heavy atom. The molecular formula is C21H20ClN5O4. The molecule has 9 nitrogen and oxygen atoms in total. The second-order valence-electron chi connectivity index (χ2n) is 7.29. The Hall–Kier alpha value is -3.46. The molecule has 0 bridgehead atoms. The van der Waals surface area contributed by atoms with Crippen LogP contribution in [0.15, 0.2) is 48.9 Å². The van der Waals surface area contributed by atoms with Gasteiger partial charge in [0.15, 0.2) is 5.82 Å². The van der Waals surface area contributed by atoms with Crippen LogP contribution in [-0.2, 0) is 7.05 Å². The van der Waals surface area contributed by atoms with Gasteiger partial charge in [-0.1, -0.05) is 11.6 Å². The molecule has 1 aromatic carbocycles. The highest BCUT2D eigenvalue weighted by atomic mass is 35.5. The van der Waals surface area contributed by atoms with Gasteiger partial charge in [0, 0.05) is 49.9 Å². The van der Waals surface area contributed by atoms with Gasteiger partial charge in [-0.2, -0.15) is 0 Å². The van der Waals surface area contributed by atoms with Gasteiger partial charge in [0.2, 0.25) is 11.7 Å². The van der Waals surface area contributed by atoms with Gasteiger partial charge in [0.25, 0.3) is 5.69 Å². The van der Waals surface area contributed by atoms with E-state index in [1.807, 2.05) is 4.90 Å². The van der Waals surface area contributed by atoms with Crippen LogP contribution in [0.3, 0.4) is 0 Å². The molecule has 1 unspecified atom stereocenters. The number of nitro benzene ring substituents is 1. The monoisotopic (exact) mass is 441 g/mol. The summed E-state index contributed by atoms with van der Waals surface area (Å²) in [4.78, 5) is 34.1. The Kier molecular flexibility index (Phi) is 5.85. The first-order valence-corrected chi connectivity index (χ1v) is 10.1. The van der Waals surface area contributed by atoms with Gasteiger partial charge >= 0.3 is 0 Å². The van der Waals surface area contributed by atoms with Crippen molar-refractivity contribution < 1.29 is 14.5 Å². The lowest BCUT2D eigenvalue weighted by Crippen LogP contribution is -2.41. The number of benzene rings is 1. The van der Waals surface area contributed by atoms with E-state index in [1.165, 1.54) is 18.5 Å². The van der Waals surface area contributed by atoms with Crippen molar-refractivity contribution in [1.82, 2.24) is 14.5 Å². The van der Waals surface area contributed by atoms with E-state index < -0.39 is 4.92 Å². The third kappa shape index (κ3) is 4.51. The van der Waals surface area contributed by atoms with Crippen LogP contribution in [0, 0.1) is 10.1 Å². The Labute approximate surface area is 183 Å². The molecule has 31 heavy (non-hydrogen) atoms. The fourth-order valence-corrected chi connectivity index (χ4v) is 3.76. The molecule has 0 saturated carbocycles. The van der Waals surface area contributed by atoms with Gasteiger partial charge in [-0.05, 0) is 31.0 Å². The minimum absolute atomic E-state index is 0.120. The van der Waals surface area contributed by atoms with Crippen LogP contribution in [0.2, 0.25) is 5.02 Å². The molecule has 0 radical (unpaired) electrons. The normalized spacial score (nSPS) is 16.2. The SMILES string of the molecule is Cn1ccnc1C(=O)c1ccc(N2CCCC(Oc3ccc(Cl)cn3)C2)c([N+](=O)[O-])c1. The van der Waals surface area contributed by atoms with Gasteiger partial charge in [0.1, 0.15) is 11.8 Å². The maximum atomic E-state index is 12.7. The highest BCUT2D eigenvalue weighted by Gasteiger charge is 2.28. The van der Waals surface area contributed by atoms with E-state index in [-0.39, 0.29) is 29.0 Å². The summed E-state index contributed by atoms with van der Waals surface area (Å²) >= 11 is 5.86. The molecule has 1 saturated heterocycles. The van der Waals surface area contributed by atoms with Crippen molar-refractivity contribution in [3.05, 3.63) is 75.4 Å². The third-order valence-electron chi connectivity index (χ3n) is 5.17. The Bertz CT molecular complexity index is 1120. The molecule has 1 aliphatic rings. The molecule has 3 heterocycles. The molecule has 10 heteroatoms. The predicted molar refractivity (Wildman–Crippen MR) is 115 cm³/mol. The molecule has 4 rings (SSSR count). The van der Waals surface area contributed by atoms with Crippen molar-refractivity contribution >= 4 is 28.8 Å². The number of imidazole rings is 1. The predicted octanol–water partition coefficient (Wildman–Crippen LogP) is 3.66. The molecule has 160 valence electrons. The van der Waals surface area contributed by atoms with Gasteiger partial charge in [-0.15, -0.1) is 0 Å². The number of hydrogen-bond donors (Lipinski definition) is 0. The maximum Gasteiger partial charge on any atom is 0.293 e. The Morgan fingerprint density at radius 1 is 1.29 bits per heavy atom. The Balaban J connectivity index is 1.56. The number of nitro groups is 1. The summed E-state index contributed by atoms with van der Waals surface area (Å²) in [6.07, 6.45) is 6.13. The second kappa shape index (κ2) is 8.73. The molecule has 2 aromatic heterocycles.